The number of rotatable bonds is 7. The highest BCUT2D eigenvalue weighted by atomic mass is 32.2. The second-order valence-electron chi connectivity index (χ2n) is 4.49. The Bertz CT molecular complexity index is 401. The van der Waals surface area contributed by atoms with Gasteiger partial charge in [0.05, 0.1) is 0 Å². The van der Waals surface area contributed by atoms with Crippen LogP contribution in [-0.4, -0.2) is 36.0 Å². The van der Waals surface area contributed by atoms with Crippen LogP contribution in [0.5, 0.6) is 0 Å². The maximum Gasteiger partial charge on any atom is 0.251 e. The van der Waals surface area contributed by atoms with Gasteiger partial charge in [0.2, 0.25) is 0 Å². The average Bonchev–Trinajstić information content (AvgIpc) is 2.44. The summed E-state index contributed by atoms with van der Waals surface area (Å²) in [5.74, 6) is 1.77. The monoisotopic (exact) mass is 281 g/mol. The van der Waals surface area contributed by atoms with Gasteiger partial charge in [-0.2, -0.15) is 11.8 Å². The Balaban J connectivity index is 2.75. The fourth-order valence-corrected chi connectivity index (χ4v) is 2.29. The third-order valence-electron chi connectivity index (χ3n) is 2.89. The lowest BCUT2D eigenvalue weighted by Crippen LogP contribution is -2.33. The summed E-state index contributed by atoms with van der Waals surface area (Å²) in [5.41, 5.74) is 1.60. The number of pyridine rings is 1. The molecule has 0 bridgehead atoms. The SMILES string of the molecule is CCc1cc(C(=O)NC(C)CCSC)cc(NC)n1. The smallest absolute Gasteiger partial charge is 0.251 e. The van der Waals surface area contributed by atoms with E-state index in [9.17, 15) is 4.79 Å². The number of carbonyl (C=O) groups is 1. The fourth-order valence-electron chi connectivity index (χ4n) is 1.70. The van der Waals surface area contributed by atoms with E-state index in [1.54, 1.807) is 17.8 Å². The van der Waals surface area contributed by atoms with Gasteiger partial charge in [0, 0.05) is 24.3 Å². The predicted octanol–water partition coefficient (Wildman–Crippen LogP) is 2.56. The fraction of sp³-hybridized carbons (Fsp3) is 0.571. The van der Waals surface area contributed by atoms with E-state index < -0.39 is 0 Å². The number of thioether (sulfide) groups is 1. The standard InChI is InChI=1S/C14H23N3OS/c1-5-12-8-11(9-13(15-3)17-12)14(18)16-10(2)6-7-19-4/h8-10H,5-7H2,1-4H3,(H,15,17)(H,16,18). The van der Waals surface area contributed by atoms with Crippen molar-refractivity contribution >= 4 is 23.5 Å². The number of amides is 1. The van der Waals surface area contributed by atoms with Gasteiger partial charge in [-0.1, -0.05) is 6.92 Å². The molecular formula is C14H23N3OS. The molecule has 0 aliphatic carbocycles. The predicted molar refractivity (Wildman–Crippen MR) is 83.1 cm³/mol. The highest BCUT2D eigenvalue weighted by Gasteiger charge is 2.11. The summed E-state index contributed by atoms with van der Waals surface area (Å²) >= 11 is 1.79. The lowest BCUT2D eigenvalue weighted by atomic mass is 10.1. The summed E-state index contributed by atoms with van der Waals surface area (Å²) in [4.78, 5) is 16.6. The van der Waals surface area contributed by atoms with E-state index in [-0.39, 0.29) is 11.9 Å². The highest BCUT2D eigenvalue weighted by Crippen LogP contribution is 2.11. The van der Waals surface area contributed by atoms with E-state index >= 15 is 0 Å². The van der Waals surface area contributed by atoms with Crippen LogP contribution in [0.1, 0.15) is 36.3 Å². The number of hydrogen-bond acceptors (Lipinski definition) is 4. The molecule has 1 aromatic rings. The molecule has 2 N–H and O–H groups in total. The molecule has 19 heavy (non-hydrogen) atoms. The van der Waals surface area contributed by atoms with Crippen molar-refractivity contribution in [3.8, 4) is 0 Å². The molecule has 0 saturated heterocycles. The van der Waals surface area contributed by atoms with Gasteiger partial charge in [0.25, 0.3) is 5.91 Å². The zero-order valence-corrected chi connectivity index (χ0v) is 12.9. The molecule has 0 fully saturated rings. The van der Waals surface area contributed by atoms with Crippen LogP contribution in [-0.2, 0) is 6.42 Å². The van der Waals surface area contributed by atoms with Crippen LogP contribution >= 0.6 is 11.8 Å². The topological polar surface area (TPSA) is 54.0 Å². The largest absolute Gasteiger partial charge is 0.373 e. The van der Waals surface area contributed by atoms with E-state index in [1.807, 2.05) is 27.0 Å². The van der Waals surface area contributed by atoms with Gasteiger partial charge in [0.15, 0.2) is 0 Å². The van der Waals surface area contributed by atoms with E-state index in [0.29, 0.717) is 5.56 Å². The molecule has 0 aromatic carbocycles. The van der Waals surface area contributed by atoms with Crippen molar-refractivity contribution < 1.29 is 4.79 Å². The van der Waals surface area contributed by atoms with E-state index in [0.717, 1.165) is 30.1 Å². The molecule has 1 heterocycles. The molecule has 0 spiro atoms. The molecule has 1 atom stereocenters. The number of nitrogens with zero attached hydrogens (tertiary/aromatic N) is 1. The minimum Gasteiger partial charge on any atom is -0.373 e. The number of nitrogens with one attached hydrogen (secondary N) is 2. The van der Waals surface area contributed by atoms with Crippen LogP contribution in [0, 0.1) is 0 Å². The molecule has 5 heteroatoms. The lowest BCUT2D eigenvalue weighted by Gasteiger charge is -2.14. The van der Waals surface area contributed by atoms with E-state index in [2.05, 4.69) is 21.9 Å². The van der Waals surface area contributed by atoms with Gasteiger partial charge in [0.1, 0.15) is 5.82 Å². The molecule has 106 valence electrons. The minimum atomic E-state index is -0.0257. The second-order valence-corrected chi connectivity index (χ2v) is 5.48. The van der Waals surface area contributed by atoms with Crippen LogP contribution in [0.25, 0.3) is 0 Å². The Labute approximate surface area is 119 Å². The summed E-state index contributed by atoms with van der Waals surface area (Å²) in [6.45, 7) is 4.07. The van der Waals surface area contributed by atoms with Crippen molar-refractivity contribution in [3.05, 3.63) is 23.4 Å². The summed E-state index contributed by atoms with van der Waals surface area (Å²) in [6, 6.07) is 3.84. The summed E-state index contributed by atoms with van der Waals surface area (Å²) < 4.78 is 0. The van der Waals surface area contributed by atoms with Gasteiger partial charge < -0.3 is 10.6 Å². The van der Waals surface area contributed by atoms with Crippen molar-refractivity contribution in [1.82, 2.24) is 10.3 Å². The Morgan fingerprint density at radius 2 is 2.21 bits per heavy atom. The minimum absolute atomic E-state index is 0.0257. The van der Waals surface area contributed by atoms with Crippen molar-refractivity contribution in [2.75, 3.05) is 24.4 Å². The third-order valence-corrected chi connectivity index (χ3v) is 3.54. The van der Waals surface area contributed by atoms with Gasteiger partial charge in [-0.25, -0.2) is 4.98 Å². The van der Waals surface area contributed by atoms with Crippen molar-refractivity contribution in [3.63, 3.8) is 0 Å². The van der Waals surface area contributed by atoms with Gasteiger partial charge >= 0.3 is 0 Å². The van der Waals surface area contributed by atoms with Crippen LogP contribution in [0.4, 0.5) is 5.82 Å². The number of aryl methyl sites for hydroxylation is 1. The van der Waals surface area contributed by atoms with Crippen molar-refractivity contribution in [1.29, 1.82) is 0 Å². The quantitative estimate of drug-likeness (QED) is 0.806. The first-order chi connectivity index (χ1) is 9.10. The Kier molecular flexibility index (Phi) is 6.70. The Morgan fingerprint density at radius 1 is 1.47 bits per heavy atom. The van der Waals surface area contributed by atoms with Crippen LogP contribution in [0.15, 0.2) is 12.1 Å². The maximum atomic E-state index is 12.2. The number of carbonyl (C=O) groups excluding carboxylic acids is 1. The Hall–Kier alpha value is -1.23. The average molecular weight is 281 g/mol. The number of aromatic nitrogens is 1. The molecule has 1 rings (SSSR count). The summed E-state index contributed by atoms with van der Waals surface area (Å²) in [5, 5.41) is 6.02. The molecule has 0 radical (unpaired) electrons. The summed E-state index contributed by atoms with van der Waals surface area (Å²) in [7, 11) is 1.81. The molecule has 1 aromatic heterocycles. The van der Waals surface area contributed by atoms with Crippen LogP contribution in [0.3, 0.4) is 0 Å². The molecule has 1 unspecified atom stereocenters. The van der Waals surface area contributed by atoms with Gasteiger partial charge in [-0.05, 0) is 43.9 Å². The van der Waals surface area contributed by atoms with E-state index in [4.69, 9.17) is 0 Å². The van der Waals surface area contributed by atoms with Gasteiger partial charge in [-0.3, -0.25) is 4.79 Å². The highest BCUT2D eigenvalue weighted by molar-refractivity contribution is 7.98. The zero-order chi connectivity index (χ0) is 14.3. The molecule has 0 saturated carbocycles. The lowest BCUT2D eigenvalue weighted by molar-refractivity contribution is 0.0939. The molecule has 0 aliphatic rings. The van der Waals surface area contributed by atoms with Crippen LogP contribution < -0.4 is 10.6 Å². The van der Waals surface area contributed by atoms with Gasteiger partial charge in [-0.15, -0.1) is 0 Å². The zero-order valence-electron chi connectivity index (χ0n) is 12.1. The molecule has 1 amide bonds. The molecule has 4 nitrogen and oxygen atoms in total. The molecule has 0 aliphatic heterocycles. The van der Waals surface area contributed by atoms with Crippen LogP contribution in [0.2, 0.25) is 0 Å². The first kappa shape index (κ1) is 15.8. The number of anilines is 1. The van der Waals surface area contributed by atoms with E-state index in [1.165, 1.54) is 0 Å². The first-order valence-corrected chi connectivity index (χ1v) is 7.98. The Morgan fingerprint density at radius 3 is 2.79 bits per heavy atom. The van der Waals surface area contributed by atoms with Crippen molar-refractivity contribution in [2.24, 2.45) is 0 Å². The molecular weight excluding hydrogens is 258 g/mol. The normalized spacial score (nSPS) is 12.0. The maximum absolute atomic E-state index is 12.2. The van der Waals surface area contributed by atoms with Crippen molar-refractivity contribution in [2.45, 2.75) is 32.7 Å². The summed E-state index contributed by atoms with van der Waals surface area (Å²) in [6.07, 6.45) is 3.87. The second kappa shape index (κ2) is 8.04. The number of hydrogen-bond donors (Lipinski definition) is 2. The third kappa shape index (κ3) is 5.11. The first-order valence-electron chi connectivity index (χ1n) is 6.59.